The van der Waals surface area contributed by atoms with Gasteiger partial charge in [0, 0.05) is 0 Å². The van der Waals surface area contributed by atoms with Crippen LogP contribution >= 0.6 is 0 Å². The number of anilines is 1. The number of nitrogens with zero attached hydrogens (tertiary/aromatic N) is 1. The van der Waals surface area contributed by atoms with Crippen molar-refractivity contribution >= 4 is 23.9 Å². The van der Waals surface area contributed by atoms with Crippen molar-refractivity contribution < 1.29 is 9.90 Å². The van der Waals surface area contributed by atoms with Gasteiger partial charge in [-0.05, 0) is 30.2 Å². The molecule has 0 fully saturated rings. The van der Waals surface area contributed by atoms with Crippen LogP contribution in [0, 0.1) is 0 Å². The van der Waals surface area contributed by atoms with Crippen LogP contribution in [-0.2, 0) is 0 Å². The average Bonchev–Trinajstić information content (AvgIpc) is 2.48. The Morgan fingerprint density at radius 3 is 2.48 bits per heavy atom. The summed E-state index contributed by atoms with van der Waals surface area (Å²) in [5.74, 6) is -0.982. The smallest absolute Gasteiger partial charge is 0.337 e. The number of aromatic carboxylic acids is 1. The van der Waals surface area contributed by atoms with Crippen LogP contribution in [0.2, 0.25) is 0 Å². The second-order valence-electron chi connectivity index (χ2n) is 4.52. The van der Waals surface area contributed by atoms with Crippen LogP contribution in [-0.4, -0.2) is 17.3 Å². The lowest BCUT2D eigenvalue weighted by atomic mass is 10.1. The Balaban J connectivity index is 2.06. The van der Waals surface area contributed by atoms with Gasteiger partial charge in [0.15, 0.2) is 0 Å². The lowest BCUT2D eigenvalue weighted by molar-refractivity contribution is 0.0698. The number of carboxylic acids is 1. The zero-order chi connectivity index (χ0) is 15.1. The number of nitrogens with one attached hydrogen (secondary N) is 1. The van der Waals surface area contributed by atoms with Crippen LogP contribution in [0.5, 0.6) is 0 Å². The van der Waals surface area contributed by atoms with Crippen LogP contribution in [0.15, 0.2) is 65.3 Å². The largest absolute Gasteiger partial charge is 0.478 e. The third-order valence-corrected chi connectivity index (χ3v) is 2.80. The quantitative estimate of drug-likeness (QED) is 0.645. The van der Waals surface area contributed by atoms with E-state index >= 15 is 0 Å². The molecule has 2 aromatic carbocycles. The molecule has 0 saturated carbocycles. The molecule has 0 aliphatic heterocycles. The molecule has 0 spiro atoms. The predicted molar refractivity (Wildman–Crippen MR) is 85.6 cm³/mol. The minimum Gasteiger partial charge on any atom is -0.478 e. The van der Waals surface area contributed by atoms with E-state index in [2.05, 4.69) is 10.5 Å². The Morgan fingerprint density at radius 2 is 1.76 bits per heavy atom. The van der Waals surface area contributed by atoms with Crippen LogP contribution in [0.1, 0.15) is 22.8 Å². The first-order valence-electron chi connectivity index (χ1n) is 6.51. The zero-order valence-corrected chi connectivity index (χ0v) is 11.7. The summed E-state index contributed by atoms with van der Waals surface area (Å²) in [6.45, 7) is 1.93. The van der Waals surface area contributed by atoms with E-state index < -0.39 is 5.97 Å². The SMILES string of the molecule is C/C(C=NNc1ccccc1C(=O)O)=C\c1ccccc1. The van der Waals surface area contributed by atoms with Crippen molar-refractivity contribution in [3.05, 3.63) is 71.3 Å². The monoisotopic (exact) mass is 280 g/mol. The first-order valence-corrected chi connectivity index (χ1v) is 6.51. The first kappa shape index (κ1) is 14.5. The van der Waals surface area contributed by atoms with Gasteiger partial charge in [0.2, 0.25) is 0 Å². The minimum atomic E-state index is -0.982. The summed E-state index contributed by atoms with van der Waals surface area (Å²) in [6, 6.07) is 16.6. The van der Waals surface area contributed by atoms with Crippen molar-refractivity contribution in [1.29, 1.82) is 0 Å². The third kappa shape index (κ3) is 4.31. The van der Waals surface area contributed by atoms with Gasteiger partial charge in [-0.15, -0.1) is 0 Å². The second-order valence-corrected chi connectivity index (χ2v) is 4.52. The van der Waals surface area contributed by atoms with E-state index in [4.69, 9.17) is 5.11 Å². The molecule has 2 aromatic rings. The van der Waals surface area contributed by atoms with Crippen LogP contribution in [0.25, 0.3) is 6.08 Å². The van der Waals surface area contributed by atoms with Gasteiger partial charge in [-0.2, -0.15) is 5.10 Å². The number of allylic oxidation sites excluding steroid dienone is 1. The van der Waals surface area contributed by atoms with Gasteiger partial charge in [0.1, 0.15) is 0 Å². The van der Waals surface area contributed by atoms with Gasteiger partial charge in [-0.1, -0.05) is 48.5 Å². The number of carboxylic acid groups (broad SMARTS) is 1. The van der Waals surface area contributed by atoms with Crippen molar-refractivity contribution in [1.82, 2.24) is 0 Å². The molecule has 0 aliphatic rings. The Labute approximate surface area is 123 Å². The predicted octanol–water partition coefficient (Wildman–Crippen LogP) is 3.89. The summed E-state index contributed by atoms with van der Waals surface area (Å²) in [7, 11) is 0. The summed E-state index contributed by atoms with van der Waals surface area (Å²) in [5.41, 5.74) is 5.47. The van der Waals surface area contributed by atoms with E-state index in [-0.39, 0.29) is 5.56 Å². The maximum atomic E-state index is 11.1. The standard InChI is InChI=1S/C17H16N2O2/c1-13(11-14-7-3-2-4-8-14)12-18-19-16-10-6-5-9-15(16)17(20)21/h2-12,19H,1H3,(H,20,21)/b13-11+,18-12?. The van der Waals surface area contributed by atoms with Gasteiger partial charge in [-0.3, -0.25) is 5.43 Å². The molecule has 4 nitrogen and oxygen atoms in total. The zero-order valence-electron chi connectivity index (χ0n) is 11.7. The molecule has 0 bridgehead atoms. The molecule has 0 amide bonds. The number of hydrazone groups is 1. The van der Waals surface area contributed by atoms with Gasteiger partial charge in [-0.25, -0.2) is 4.79 Å². The van der Waals surface area contributed by atoms with Crippen molar-refractivity contribution in [3.8, 4) is 0 Å². The Kier molecular flexibility index (Phi) is 4.88. The molecule has 0 atom stereocenters. The summed E-state index contributed by atoms with van der Waals surface area (Å²) < 4.78 is 0. The maximum Gasteiger partial charge on any atom is 0.337 e. The fourth-order valence-electron chi connectivity index (χ4n) is 1.82. The molecule has 0 radical (unpaired) electrons. The number of carbonyl (C=O) groups is 1. The summed E-state index contributed by atoms with van der Waals surface area (Å²) in [4.78, 5) is 11.1. The number of rotatable bonds is 5. The maximum absolute atomic E-state index is 11.1. The molecule has 0 saturated heterocycles. The number of benzene rings is 2. The van der Waals surface area contributed by atoms with E-state index in [1.54, 1.807) is 24.4 Å². The molecule has 4 heteroatoms. The number of para-hydroxylation sites is 1. The fraction of sp³-hybridized carbons (Fsp3) is 0.0588. The molecule has 106 valence electrons. The van der Waals surface area contributed by atoms with Gasteiger partial charge in [0.25, 0.3) is 0 Å². The lowest BCUT2D eigenvalue weighted by Crippen LogP contribution is -2.02. The number of hydrogen-bond acceptors (Lipinski definition) is 3. The van der Waals surface area contributed by atoms with E-state index in [1.807, 2.05) is 43.3 Å². The molecule has 0 heterocycles. The van der Waals surface area contributed by atoms with Gasteiger partial charge in [0.05, 0.1) is 17.5 Å². The first-order chi connectivity index (χ1) is 10.2. The molecular weight excluding hydrogens is 264 g/mol. The molecule has 0 aromatic heterocycles. The van der Waals surface area contributed by atoms with Crippen LogP contribution in [0.4, 0.5) is 5.69 Å². The van der Waals surface area contributed by atoms with E-state index in [0.29, 0.717) is 5.69 Å². The molecule has 2 rings (SSSR count). The van der Waals surface area contributed by atoms with Gasteiger partial charge >= 0.3 is 5.97 Å². The Hall–Kier alpha value is -2.88. The van der Waals surface area contributed by atoms with E-state index in [1.165, 1.54) is 6.07 Å². The van der Waals surface area contributed by atoms with Crippen LogP contribution < -0.4 is 5.43 Å². The fourth-order valence-corrected chi connectivity index (χ4v) is 1.82. The summed E-state index contributed by atoms with van der Waals surface area (Å²) in [5, 5.41) is 13.1. The average molecular weight is 280 g/mol. The highest BCUT2D eigenvalue weighted by Crippen LogP contribution is 2.14. The highest BCUT2D eigenvalue weighted by atomic mass is 16.4. The van der Waals surface area contributed by atoms with Crippen molar-refractivity contribution in [2.24, 2.45) is 5.10 Å². The molecule has 2 N–H and O–H groups in total. The van der Waals surface area contributed by atoms with E-state index in [9.17, 15) is 4.79 Å². The lowest BCUT2D eigenvalue weighted by Gasteiger charge is -2.04. The highest BCUT2D eigenvalue weighted by Gasteiger charge is 2.07. The Bertz CT molecular complexity index is 676. The molecular formula is C17H16N2O2. The number of hydrogen-bond donors (Lipinski definition) is 2. The third-order valence-electron chi connectivity index (χ3n) is 2.80. The molecule has 0 aliphatic carbocycles. The van der Waals surface area contributed by atoms with Gasteiger partial charge < -0.3 is 5.11 Å². The summed E-state index contributed by atoms with van der Waals surface area (Å²) in [6.07, 6.45) is 3.65. The van der Waals surface area contributed by atoms with Crippen molar-refractivity contribution in [2.45, 2.75) is 6.92 Å². The second kappa shape index (κ2) is 7.05. The topological polar surface area (TPSA) is 61.7 Å². The van der Waals surface area contributed by atoms with Crippen LogP contribution in [0.3, 0.4) is 0 Å². The molecule has 21 heavy (non-hydrogen) atoms. The van der Waals surface area contributed by atoms with E-state index in [0.717, 1.165) is 11.1 Å². The Morgan fingerprint density at radius 1 is 1.10 bits per heavy atom. The van der Waals surface area contributed by atoms with Crippen molar-refractivity contribution in [2.75, 3.05) is 5.43 Å². The van der Waals surface area contributed by atoms with Crippen molar-refractivity contribution in [3.63, 3.8) is 0 Å². The minimum absolute atomic E-state index is 0.194. The highest BCUT2D eigenvalue weighted by molar-refractivity contribution is 5.94. The molecule has 0 unspecified atom stereocenters. The normalized spacial score (nSPS) is 11.6. The summed E-state index contributed by atoms with van der Waals surface area (Å²) >= 11 is 0.